The maximum absolute atomic E-state index is 11.1. The predicted molar refractivity (Wildman–Crippen MR) is 67.5 cm³/mol. The molecule has 0 saturated heterocycles. The largest absolute Gasteiger partial charge is 1.00 e. The minimum atomic E-state index is -0.900. The Morgan fingerprint density at radius 1 is 1.42 bits per heavy atom. The second-order valence-electron chi connectivity index (χ2n) is 4.01. The number of unbranched alkanes of at least 4 members (excludes halogenated alkanes) is 4. The molecule has 6 nitrogen and oxygen atoms in total. The fourth-order valence-electron chi connectivity index (χ4n) is 1.71. The van der Waals surface area contributed by atoms with Gasteiger partial charge in [-0.25, -0.2) is 9.48 Å². The number of nitrogens with one attached hydrogen (secondary N) is 1. The number of carbonyl (C=O) groups is 1. The summed E-state index contributed by atoms with van der Waals surface area (Å²) >= 11 is 4.90. The van der Waals surface area contributed by atoms with Crippen LogP contribution in [0.2, 0.25) is 0 Å². The number of rotatable bonds is 8. The van der Waals surface area contributed by atoms with Gasteiger partial charge in [-0.1, -0.05) is 49.3 Å². The molecule has 1 unspecified atom stereocenters. The van der Waals surface area contributed by atoms with E-state index in [4.69, 9.17) is 17.3 Å². The van der Waals surface area contributed by atoms with E-state index in [1.54, 1.807) is 0 Å². The molecule has 0 spiro atoms. The van der Waals surface area contributed by atoms with Crippen molar-refractivity contribution in [3.05, 3.63) is 4.77 Å². The van der Waals surface area contributed by atoms with E-state index in [2.05, 4.69) is 22.4 Å². The molecular formula is C10H20N4Na2O2S. The molecule has 0 aliphatic carbocycles. The van der Waals surface area contributed by atoms with Gasteiger partial charge < -0.3 is 7.96 Å². The van der Waals surface area contributed by atoms with Gasteiger partial charge in [0, 0.05) is 0 Å². The SMILES string of the molecule is CCCCCCCC(C(=O)O)n1[nH]nnc1=S.[H-].[H-].[Na+].[Na+]. The molecule has 100 valence electrons. The van der Waals surface area contributed by atoms with Gasteiger partial charge in [0.25, 0.3) is 0 Å². The van der Waals surface area contributed by atoms with Crippen LogP contribution in [0.1, 0.15) is 54.3 Å². The first kappa shape index (κ1) is 22.0. The van der Waals surface area contributed by atoms with Crippen LogP contribution < -0.4 is 59.1 Å². The van der Waals surface area contributed by atoms with E-state index in [9.17, 15) is 4.79 Å². The van der Waals surface area contributed by atoms with E-state index in [1.165, 1.54) is 17.5 Å². The van der Waals surface area contributed by atoms with Crippen molar-refractivity contribution in [2.75, 3.05) is 0 Å². The first-order valence-electron chi connectivity index (χ1n) is 5.89. The molecule has 0 fully saturated rings. The van der Waals surface area contributed by atoms with Crippen LogP contribution >= 0.6 is 12.2 Å². The van der Waals surface area contributed by atoms with E-state index < -0.39 is 12.0 Å². The van der Waals surface area contributed by atoms with Crippen LogP contribution in [0.4, 0.5) is 0 Å². The van der Waals surface area contributed by atoms with Gasteiger partial charge in [0.15, 0.2) is 6.04 Å². The first-order valence-corrected chi connectivity index (χ1v) is 6.30. The Bertz CT molecular complexity index is 420. The van der Waals surface area contributed by atoms with Gasteiger partial charge in [-0.15, -0.1) is 0 Å². The maximum atomic E-state index is 11.1. The van der Waals surface area contributed by atoms with Crippen LogP contribution in [0.3, 0.4) is 0 Å². The maximum Gasteiger partial charge on any atom is 1.00 e. The van der Waals surface area contributed by atoms with Crippen molar-refractivity contribution < 1.29 is 71.9 Å². The fourth-order valence-corrected chi connectivity index (χ4v) is 1.92. The third kappa shape index (κ3) is 7.94. The normalized spacial score (nSPS) is 11.2. The van der Waals surface area contributed by atoms with Gasteiger partial charge in [0.05, 0.1) is 0 Å². The van der Waals surface area contributed by atoms with Crippen molar-refractivity contribution in [3.8, 4) is 0 Å². The van der Waals surface area contributed by atoms with E-state index in [0.29, 0.717) is 6.42 Å². The molecule has 0 aliphatic heterocycles. The van der Waals surface area contributed by atoms with Crippen LogP contribution in [0.5, 0.6) is 0 Å². The van der Waals surface area contributed by atoms with Crippen molar-refractivity contribution >= 4 is 18.2 Å². The molecule has 1 aromatic heterocycles. The molecule has 1 atom stereocenters. The summed E-state index contributed by atoms with van der Waals surface area (Å²) in [6.45, 7) is 2.15. The molecule has 9 heteroatoms. The Morgan fingerprint density at radius 3 is 2.53 bits per heavy atom. The predicted octanol–water partition coefficient (Wildman–Crippen LogP) is -3.45. The number of aliphatic carboxylic acids is 1. The number of carboxylic acids is 1. The zero-order valence-electron chi connectivity index (χ0n) is 13.9. The minimum absolute atomic E-state index is 0. The van der Waals surface area contributed by atoms with Gasteiger partial charge in [0.1, 0.15) is 0 Å². The number of H-pyrrole nitrogens is 1. The summed E-state index contributed by atoms with van der Waals surface area (Å²) < 4.78 is 1.52. The average Bonchev–Trinajstić information content (AvgIpc) is 2.69. The van der Waals surface area contributed by atoms with Crippen molar-refractivity contribution in [1.29, 1.82) is 0 Å². The average molecular weight is 306 g/mol. The molecule has 1 heterocycles. The Morgan fingerprint density at radius 2 is 2.05 bits per heavy atom. The summed E-state index contributed by atoms with van der Waals surface area (Å²) in [6.07, 6.45) is 6.00. The topological polar surface area (TPSA) is 83.8 Å². The van der Waals surface area contributed by atoms with Crippen molar-refractivity contribution in [2.45, 2.75) is 51.5 Å². The van der Waals surface area contributed by atoms with Gasteiger partial charge in [-0.05, 0) is 18.6 Å². The molecule has 0 aliphatic rings. The molecule has 1 rings (SSSR count). The van der Waals surface area contributed by atoms with Crippen molar-refractivity contribution in [2.24, 2.45) is 0 Å². The monoisotopic (exact) mass is 306 g/mol. The third-order valence-corrected chi connectivity index (χ3v) is 2.95. The summed E-state index contributed by atoms with van der Waals surface area (Å²) in [5.74, 6) is -0.900. The molecule has 0 bridgehead atoms. The Balaban J connectivity index is -0.000000361. The van der Waals surface area contributed by atoms with E-state index >= 15 is 0 Å². The number of aromatic amines is 1. The molecular weight excluding hydrogens is 286 g/mol. The van der Waals surface area contributed by atoms with Crippen LogP contribution in [0.15, 0.2) is 0 Å². The minimum Gasteiger partial charge on any atom is -1.00 e. The number of hydrogen-bond donors (Lipinski definition) is 2. The number of aromatic nitrogens is 4. The zero-order chi connectivity index (χ0) is 12.7. The second kappa shape index (κ2) is 12.5. The number of carboxylic acid groups (broad SMARTS) is 1. The molecule has 19 heavy (non-hydrogen) atoms. The molecule has 2 N–H and O–H groups in total. The molecule has 0 amide bonds. The summed E-state index contributed by atoms with van der Waals surface area (Å²) in [4.78, 5) is 11.1. The number of hydrogen-bond acceptors (Lipinski definition) is 4. The Hall–Kier alpha value is 0.760. The third-order valence-electron chi connectivity index (χ3n) is 2.67. The van der Waals surface area contributed by atoms with Gasteiger partial charge in [-0.2, -0.15) is 5.21 Å². The van der Waals surface area contributed by atoms with Crippen LogP contribution in [0, 0.1) is 4.77 Å². The van der Waals surface area contributed by atoms with E-state index in [-0.39, 0.29) is 66.7 Å². The molecule has 0 saturated carbocycles. The molecule has 0 radical (unpaired) electrons. The smallest absolute Gasteiger partial charge is 1.00 e. The second-order valence-corrected chi connectivity index (χ2v) is 4.37. The van der Waals surface area contributed by atoms with Crippen LogP contribution in [0.25, 0.3) is 0 Å². The quantitative estimate of drug-likeness (QED) is 0.297. The molecule has 1 aromatic rings. The van der Waals surface area contributed by atoms with Gasteiger partial charge >= 0.3 is 65.1 Å². The summed E-state index contributed by atoms with van der Waals surface area (Å²) in [7, 11) is 0. The van der Waals surface area contributed by atoms with Crippen molar-refractivity contribution in [3.63, 3.8) is 0 Å². The number of tetrazole rings is 1. The van der Waals surface area contributed by atoms with Crippen LogP contribution in [-0.2, 0) is 4.79 Å². The Kier molecular flexibility index (Phi) is 14.5. The fraction of sp³-hybridized carbons (Fsp3) is 0.800. The summed E-state index contributed by atoms with van der Waals surface area (Å²) in [6, 6.07) is -0.681. The van der Waals surface area contributed by atoms with Gasteiger partial charge in [0.2, 0.25) is 4.77 Å². The van der Waals surface area contributed by atoms with E-state index in [0.717, 1.165) is 19.3 Å². The number of nitrogens with zero attached hydrogens (tertiary/aromatic N) is 3. The first-order chi connectivity index (χ1) is 8.16. The van der Waals surface area contributed by atoms with Crippen molar-refractivity contribution in [1.82, 2.24) is 20.2 Å². The summed E-state index contributed by atoms with van der Waals surface area (Å²) in [5, 5.41) is 18.7. The van der Waals surface area contributed by atoms with Gasteiger partial charge in [-0.3, -0.25) is 0 Å². The van der Waals surface area contributed by atoms with E-state index in [1.807, 2.05) is 0 Å². The standard InChI is InChI=1S/C10H18N4O2S.2Na.2H/c1-2-3-4-5-6-7-8(9(15)16)14-10(17)11-12-13-14;;;;/h8H,2-7H2,1H3,(H,15,16)(H,11,13,17);;;;/q;2*+1;2*-1. The summed E-state index contributed by atoms with van der Waals surface area (Å²) in [5.41, 5.74) is 0. The molecule has 0 aromatic carbocycles. The van der Waals surface area contributed by atoms with Crippen LogP contribution in [-0.4, -0.2) is 31.3 Å². The zero-order valence-corrected chi connectivity index (χ0v) is 16.7. The Labute approximate surface area is 165 Å².